The Labute approximate surface area is 101 Å². The van der Waals surface area contributed by atoms with E-state index in [2.05, 4.69) is 22.0 Å². The average Bonchev–Trinajstić information content (AvgIpc) is 2.29. The maximum absolute atomic E-state index is 10.9. The van der Waals surface area contributed by atoms with Crippen molar-refractivity contribution in [2.75, 3.05) is 0 Å². The summed E-state index contributed by atoms with van der Waals surface area (Å²) in [6.45, 7) is 0. The molecule has 0 fully saturated rings. The van der Waals surface area contributed by atoms with E-state index in [-0.39, 0.29) is 10.6 Å². The van der Waals surface area contributed by atoms with Crippen molar-refractivity contribution in [3.05, 3.63) is 63.1 Å². The zero-order valence-corrected chi connectivity index (χ0v) is 9.77. The van der Waals surface area contributed by atoms with Gasteiger partial charge in [-0.3, -0.25) is 10.1 Å². The number of hydrogen-bond donors (Lipinski definition) is 0. The SMILES string of the molecule is O=[N+]([O-])c1ccccc1-c1ccc[c]c1Br. The molecular weight excluding hydrogens is 270 g/mol. The minimum atomic E-state index is -0.380. The average molecular weight is 277 g/mol. The molecule has 0 aliphatic heterocycles. The second-order valence-electron chi connectivity index (χ2n) is 3.17. The van der Waals surface area contributed by atoms with E-state index in [1.54, 1.807) is 30.3 Å². The Morgan fingerprint density at radius 2 is 1.81 bits per heavy atom. The largest absolute Gasteiger partial charge is 0.277 e. The molecule has 79 valence electrons. The molecule has 2 aromatic carbocycles. The van der Waals surface area contributed by atoms with Gasteiger partial charge >= 0.3 is 0 Å². The Kier molecular flexibility index (Phi) is 3.01. The molecule has 0 spiro atoms. The van der Waals surface area contributed by atoms with Crippen LogP contribution in [0.25, 0.3) is 11.1 Å². The molecular formula is C12H7BrNO2. The quantitative estimate of drug-likeness (QED) is 0.618. The first-order valence-corrected chi connectivity index (χ1v) is 5.39. The van der Waals surface area contributed by atoms with Gasteiger partial charge in [-0.25, -0.2) is 0 Å². The van der Waals surface area contributed by atoms with Crippen LogP contribution in [-0.4, -0.2) is 4.92 Å². The van der Waals surface area contributed by atoms with E-state index >= 15 is 0 Å². The summed E-state index contributed by atoms with van der Waals surface area (Å²) in [5, 5.41) is 10.9. The second-order valence-corrected chi connectivity index (χ2v) is 3.97. The van der Waals surface area contributed by atoms with Gasteiger partial charge in [-0.1, -0.05) is 30.3 Å². The Hall–Kier alpha value is -1.68. The van der Waals surface area contributed by atoms with Crippen molar-refractivity contribution in [3.8, 4) is 11.1 Å². The summed E-state index contributed by atoms with van der Waals surface area (Å²) in [4.78, 5) is 10.5. The number of rotatable bonds is 2. The molecule has 0 aromatic heterocycles. The molecule has 1 radical (unpaired) electrons. The van der Waals surface area contributed by atoms with Crippen molar-refractivity contribution in [1.82, 2.24) is 0 Å². The molecule has 0 aliphatic rings. The fraction of sp³-hybridized carbons (Fsp3) is 0. The lowest BCUT2D eigenvalue weighted by molar-refractivity contribution is -0.384. The summed E-state index contributed by atoms with van der Waals surface area (Å²) in [6, 6.07) is 15.0. The minimum absolute atomic E-state index is 0.0998. The molecule has 4 heteroatoms. The van der Waals surface area contributed by atoms with Gasteiger partial charge in [-0.05, 0) is 28.1 Å². The summed E-state index contributed by atoms with van der Waals surface area (Å²) in [5.41, 5.74) is 1.47. The number of para-hydroxylation sites is 1. The molecule has 0 aliphatic carbocycles. The number of benzene rings is 2. The smallest absolute Gasteiger partial charge is 0.258 e. The topological polar surface area (TPSA) is 43.1 Å². The predicted octanol–water partition coefficient (Wildman–Crippen LogP) is 3.82. The Balaban J connectivity index is 2.65. The predicted molar refractivity (Wildman–Crippen MR) is 65.1 cm³/mol. The van der Waals surface area contributed by atoms with Crippen LogP contribution in [-0.2, 0) is 0 Å². The molecule has 0 bridgehead atoms. The van der Waals surface area contributed by atoms with Crippen molar-refractivity contribution in [2.45, 2.75) is 0 Å². The Morgan fingerprint density at radius 3 is 2.50 bits per heavy atom. The number of nitrogens with zero attached hydrogens (tertiary/aromatic N) is 1. The van der Waals surface area contributed by atoms with Crippen LogP contribution >= 0.6 is 15.9 Å². The summed E-state index contributed by atoms with van der Waals surface area (Å²) < 4.78 is 0.726. The fourth-order valence-corrected chi connectivity index (χ4v) is 1.96. The molecule has 0 saturated carbocycles. The van der Waals surface area contributed by atoms with Crippen LogP contribution in [0.15, 0.2) is 46.9 Å². The van der Waals surface area contributed by atoms with Gasteiger partial charge in [0.15, 0.2) is 0 Å². The zero-order valence-electron chi connectivity index (χ0n) is 8.18. The third kappa shape index (κ3) is 1.97. The standard InChI is InChI=1S/C12H7BrNO2/c13-11-7-3-1-5-9(11)10-6-2-4-8-12(10)14(15)16/h1-6,8H. The van der Waals surface area contributed by atoms with Gasteiger partial charge in [-0.15, -0.1) is 0 Å². The van der Waals surface area contributed by atoms with Crippen molar-refractivity contribution in [3.63, 3.8) is 0 Å². The summed E-state index contributed by atoms with van der Waals surface area (Å²) >= 11 is 3.34. The van der Waals surface area contributed by atoms with Gasteiger partial charge in [0.05, 0.1) is 10.5 Å². The number of hydrogen-bond acceptors (Lipinski definition) is 2. The van der Waals surface area contributed by atoms with E-state index in [1.807, 2.05) is 6.07 Å². The van der Waals surface area contributed by atoms with Gasteiger partial charge in [-0.2, -0.15) is 0 Å². The van der Waals surface area contributed by atoms with Crippen LogP contribution in [0.3, 0.4) is 0 Å². The molecule has 16 heavy (non-hydrogen) atoms. The van der Waals surface area contributed by atoms with Crippen LogP contribution in [0, 0.1) is 16.2 Å². The molecule has 0 saturated heterocycles. The van der Waals surface area contributed by atoms with Crippen LogP contribution in [0.4, 0.5) is 5.69 Å². The van der Waals surface area contributed by atoms with Crippen molar-refractivity contribution in [2.24, 2.45) is 0 Å². The van der Waals surface area contributed by atoms with Gasteiger partial charge < -0.3 is 0 Å². The van der Waals surface area contributed by atoms with Gasteiger partial charge in [0.2, 0.25) is 0 Å². The highest BCUT2D eigenvalue weighted by Crippen LogP contribution is 2.33. The van der Waals surface area contributed by atoms with Crippen molar-refractivity contribution in [1.29, 1.82) is 0 Å². The second kappa shape index (κ2) is 4.45. The van der Waals surface area contributed by atoms with E-state index in [1.165, 1.54) is 6.07 Å². The van der Waals surface area contributed by atoms with Crippen LogP contribution in [0.5, 0.6) is 0 Å². The number of nitro groups is 1. The highest BCUT2D eigenvalue weighted by atomic mass is 79.9. The third-order valence-electron chi connectivity index (χ3n) is 2.20. The summed E-state index contributed by atoms with van der Waals surface area (Å²) in [6.07, 6.45) is 0. The van der Waals surface area contributed by atoms with E-state index in [4.69, 9.17) is 0 Å². The molecule has 3 nitrogen and oxygen atoms in total. The maximum atomic E-state index is 10.9. The molecule has 0 amide bonds. The lowest BCUT2D eigenvalue weighted by Crippen LogP contribution is -1.91. The first-order chi connectivity index (χ1) is 7.70. The lowest BCUT2D eigenvalue weighted by atomic mass is 10.0. The summed E-state index contributed by atoms with van der Waals surface area (Å²) in [5.74, 6) is 0. The Morgan fingerprint density at radius 1 is 1.12 bits per heavy atom. The number of nitro benzene ring substituents is 1. The van der Waals surface area contributed by atoms with Crippen molar-refractivity contribution < 1.29 is 4.92 Å². The molecule has 2 aromatic rings. The first kappa shape index (κ1) is 10.8. The first-order valence-electron chi connectivity index (χ1n) is 4.60. The van der Waals surface area contributed by atoms with Gasteiger partial charge in [0, 0.05) is 16.1 Å². The van der Waals surface area contributed by atoms with E-state index in [0.717, 1.165) is 10.0 Å². The summed E-state index contributed by atoms with van der Waals surface area (Å²) in [7, 11) is 0. The molecule has 2 rings (SSSR count). The molecule has 0 unspecified atom stereocenters. The monoisotopic (exact) mass is 276 g/mol. The van der Waals surface area contributed by atoms with E-state index in [0.29, 0.717) is 5.56 Å². The highest BCUT2D eigenvalue weighted by molar-refractivity contribution is 9.10. The van der Waals surface area contributed by atoms with E-state index < -0.39 is 0 Å². The van der Waals surface area contributed by atoms with Crippen LogP contribution in [0.2, 0.25) is 0 Å². The van der Waals surface area contributed by atoms with Gasteiger partial charge in [0.25, 0.3) is 5.69 Å². The molecule has 0 N–H and O–H groups in total. The Bertz CT molecular complexity index is 540. The van der Waals surface area contributed by atoms with Crippen molar-refractivity contribution >= 4 is 21.6 Å². The maximum Gasteiger partial charge on any atom is 0.277 e. The third-order valence-corrected chi connectivity index (χ3v) is 2.85. The van der Waals surface area contributed by atoms with Crippen LogP contribution < -0.4 is 0 Å². The highest BCUT2D eigenvalue weighted by Gasteiger charge is 2.15. The molecule has 0 heterocycles. The van der Waals surface area contributed by atoms with Gasteiger partial charge in [0.1, 0.15) is 0 Å². The zero-order chi connectivity index (χ0) is 11.5. The normalized spacial score (nSPS) is 10.1. The molecule has 0 atom stereocenters. The van der Waals surface area contributed by atoms with E-state index in [9.17, 15) is 10.1 Å². The number of halogens is 1. The van der Waals surface area contributed by atoms with Crippen LogP contribution in [0.1, 0.15) is 0 Å². The lowest BCUT2D eigenvalue weighted by Gasteiger charge is -2.04. The fourth-order valence-electron chi connectivity index (χ4n) is 1.49. The minimum Gasteiger partial charge on any atom is -0.258 e.